The molecule has 0 aliphatic rings. The average molecular weight is 312 g/mol. The molecule has 0 saturated heterocycles. The Morgan fingerprint density at radius 3 is 2.67 bits per heavy atom. The van der Waals surface area contributed by atoms with Crippen LogP contribution in [0.4, 0.5) is 13.9 Å². The minimum absolute atomic E-state index is 0.0441. The lowest BCUT2D eigenvalue weighted by Gasteiger charge is -2.09. The maximum Gasteiger partial charge on any atom is 0.387 e. The van der Waals surface area contributed by atoms with Crippen molar-refractivity contribution < 1.29 is 23.1 Å². The van der Waals surface area contributed by atoms with E-state index >= 15 is 0 Å². The van der Waals surface area contributed by atoms with Crippen molar-refractivity contribution >= 4 is 28.2 Å². The van der Waals surface area contributed by atoms with E-state index in [2.05, 4.69) is 15.0 Å². The number of thiazole rings is 1. The van der Waals surface area contributed by atoms with E-state index in [4.69, 9.17) is 0 Å². The van der Waals surface area contributed by atoms with E-state index < -0.39 is 12.5 Å². The number of ether oxygens (including phenoxy) is 1. The maximum atomic E-state index is 12.3. The lowest BCUT2D eigenvalue weighted by Crippen LogP contribution is -2.15. The minimum Gasteiger partial charge on any atom is -0.434 e. The van der Waals surface area contributed by atoms with Gasteiger partial charge in [-0.2, -0.15) is 8.78 Å². The Morgan fingerprint density at radius 2 is 2.05 bits per heavy atom. The minimum atomic E-state index is -3.02. The molecule has 2 aromatic rings. The number of carbonyl (C=O) groups excluding carboxylic acids is 2. The van der Waals surface area contributed by atoms with Crippen LogP contribution in [0.5, 0.6) is 5.75 Å². The summed E-state index contributed by atoms with van der Waals surface area (Å²) in [6, 6.07) is 5.62. The van der Waals surface area contributed by atoms with Gasteiger partial charge in [-0.15, -0.1) is 11.3 Å². The Morgan fingerprint density at radius 1 is 1.33 bits per heavy atom. The number of aromatic nitrogens is 1. The number of benzene rings is 1. The smallest absolute Gasteiger partial charge is 0.387 e. The summed E-state index contributed by atoms with van der Waals surface area (Å²) in [7, 11) is 0. The first-order valence-electron chi connectivity index (χ1n) is 5.79. The number of rotatable bonds is 5. The zero-order chi connectivity index (χ0) is 15.4. The van der Waals surface area contributed by atoms with E-state index in [-0.39, 0.29) is 27.9 Å². The van der Waals surface area contributed by atoms with Crippen molar-refractivity contribution in [3.8, 4) is 5.75 Å². The number of Topliss-reactive ketones (excluding diaryl/α,β-unsaturated/α-hetero) is 1. The molecule has 0 aliphatic carbocycles. The zero-order valence-corrected chi connectivity index (χ0v) is 11.6. The van der Waals surface area contributed by atoms with Crippen molar-refractivity contribution in [2.24, 2.45) is 0 Å². The molecular weight excluding hydrogens is 302 g/mol. The molecule has 1 aromatic heterocycles. The number of alkyl halides is 2. The Kier molecular flexibility index (Phi) is 4.59. The molecule has 0 unspecified atom stereocenters. The van der Waals surface area contributed by atoms with Crippen LogP contribution in [-0.2, 0) is 0 Å². The molecule has 0 spiro atoms. The first-order valence-corrected chi connectivity index (χ1v) is 6.67. The summed E-state index contributed by atoms with van der Waals surface area (Å²) in [5.41, 5.74) is 0.185. The van der Waals surface area contributed by atoms with Crippen LogP contribution in [0.1, 0.15) is 27.8 Å². The van der Waals surface area contributed by atoms with Crippen molar-refractivity contribution in [1.82, 2.24) is 4.98 Å². The second kappa shape index (κ2) is 6.40. The first-order chi connectivity index (χ1) is 9.97. The third-order valence-electron chi connectivity index (χ3n) is 2.43. The van der Waals surface area contributed by atoms with E-state index in [9.17, 15) is 18.4 Å². The Hall–Kier alpha value is -2.35. The van der Waals surface area contributed by atoms with Gasteiger partial charge in [0.05, 0.1) is 5.56 Å². The highest BCUT2D eigenvalue weighted by Crippen LogP contribution is 2.23. The van der Waals surface area contributed by atoms with Gasteiger partial charge < -0.3 is 4.74 Å². The highest BCUT2D eigenvalue weighted by Gasteiger charge is 2.17. The zero-order valence-electron chi connectivity index (χ0n) is 10.8. The SMILES string of the molecule is CC(=O)c1csc(NC(=O)c2ccccc2OC(F)F)n1. The van der Waals surface area contributed by atoms with E-state index in [1.165, 1.54) is 36.6 Å². The molecule has 0 saturated carbocycles. The van der Waals surface area contributed by atoms with Crippen LogP contribution < -0.4 is 10.1 Å². The van der Waals surface area contributed by atoms with E-state index in [1.54, 1.807) is 0 Å². The molecule has 1 N–H and O–H groups in total. The molecule has 110 valence electrons. The number of halogens is 2. The Balaban J connectivity index is 2.18. The van der Waals surface area contributed by atoms with Crippen LogP contribution >= 0.6 is 11.3 Å². The fourth-order valence-electron chi connectivity index (χ4n) is 1.51. The molecule has 8 heteroatoms. The van der Waals surface area contributed by atoms with Crippen molar-refractivity contribution in [2.75, 3.05) is 5.32 Å². The summed E-state index contributed by atoms with van der Waals surface area (Å²) in [5.74, 6) is -1.10. The highest BCUT2D eigenvalue weighted by atomic mass is 32.1. The summed E-state index contributed by atoms with van der Waals surface area (Å²) in [6.45, 7) is -1.67. The van der Waals surface area contributed by atoms with Gasteiger partial charge in [-0.25, -0.2) is 4.98 Å². The fourth-order valence-corrected chi connectivity index (χ4v) is 2.25. The molecule has 5 nitrogen and oxygen atoms in total. The van der Waals surface area contributed by atoms with Crippen molar-refractivity contribution in [3.05, 3.63) is 40.9 Å². The molecule has 0 bridgehead atoms. The van der Waals surface area contributed by atoms with Crippen molar-refractivity contribution in [2.45, 2.75) is 13.5 Å². The number of nitrogens with zero attached hydrogens (tertiary/aromatic N) is 1. The molecule has 1 aromatic carbocycles. The molecule has 0 aliphatic heterocycles. The number of anilines is 1. The van der Waals surface area contributed by atoms with Crippen LogP contribution in [-0.4, -0.2) is 23.3 Å². The molecule has 21 heavy (non-hydrogen) atoms. The lowest BCUT2D eigenvalue weighted by atomic mass is 10.2. The van der Waals surface area contributed by atoms with Gasteiger partial charge in [0, 0.05) is 12.3 Å². The standard InChI is InChI=1S/C13H10F2N2O3S/c1-7(18)9-6-21-13(16-9)17-11(19)8-4-2-3-5-10(8)20-12(14)15/h2-6,12H,1H3,(H,16,17,19). The number of para-hydroxylation sites is 1. The molecule has 2 rings (SSSR count). The van der Waals surface area contributed by atoms with Crippen molar-refractivity contribution in [3.63, 3.8) is 0 Å². The number of hydrogen-bond donors (Lipinski definition) is 1. The van der Waals surface area contributed by atoms with Gasteiger partial charge in [0.15, 0.2) is 10.9 Å². The first kappa shape index (κ1) is 15.0. The second-order valence-electron chi connectivity index (χ2n) is 3.92. The van der Waals surface area contributed by atoms with Crippen LogP contribution in [0.15, 0.2) is 29.6 Å². The largest absolute Gasteiger partial charge is 0.434 e. The van der Waals surface area contributed by atoms with Gasteiger partial charge in [-0.05, 0) is 12.1 Å². The summed E-state index contributed by atoms with van der Waals surface area (Å²) in [5, 5.41) is 4.14. The lowest BCUT2D eigenvalue weighted by molar-refractivity contribution is -0.0501. The fraction of sp³-hybridized carbons (Fsp3) is 0.154. The second-order valence-corrected chi connectivity index (χ2v) is 4.78. The van der Waals surface area contributed by atoms with E-state index in [1.807, 2.05) is 0 Å². The highest BCUT2D eigenvalue weighted by molar-refractivity contribution is 7.14. The topological polar surface area (TPSA) is 68.3 Å². The molecule has 0 radical (unpaired) electrons. The van der Waals surface area contributed by atoms with Crippen LogP contribution in [0.3, 0.4) is 0 Å². The molecule has 0 fully saturated rings. The third-order valence-corrected chi connectivity index (χ3v) is 3.19. The number of carbonyl (C=O) groups is 2. The number of ketones is 1. The van der Waals surface area contributed by atoms with Gasteiger partial charge >= 0.3 is 6.61 Å². The number of nitrogens with one attached hydrogen (secondary N) is 1. The van der Waals surface area contributed by atoms with Gasteiger partial charge in [0.1, 0.15) is 11.4 Å². The maximum absolute atomic E-state index is 12.3. The van der Waals surface area contributed by atoms with Gasteiger partial charge in [-0.1, -0.05) is 12.1 Å². The Bertz CT molecular complexity index is 673. The summed E-state index contributed by atoms with van der Waals surface area (Å²) >= 11 is 1.07. The Labute approximate surface area is 122 Å². The monoisotopic (exact) mass is 312 g/mol. The summed E-state index contributed by atoms with van der Waals surface area (Å²) in [4.78, 5) is 27.1. The van der Waals surface area contributed by atoms with Crippen LogP contribution in [0.25, 0.3) is 0 Å². The summed E-state index contributed by atoms with van der Waals surface area (Å²) in [6.07, 6.45) is 0. The van der Waals surface area contributed by atoms with Crippen molar-refractivity contribution in [1.29, 1.82) is 0 Å². The molecular formula is C13H10F2N2O3S. The summed E-state index contributed by atoms with van der Waals surface area (Å²) < 4.78 is 28.8. The number of amides is 1. The quantitative estimate of drug-likeness (QED) is 0.861. The predicted molar refractivity (Wildman–Crippen MR) is 73.1 cm³/mol. The van der Waals surface area contributed by atoms with E-state index in [0.29, 0.717) is 0 Å². The molecule has 0 atom stereocenters. The van der Waals surface area contributed by atoms with Crippen LogP contribution in [0.2, 0.25) is 0 Å². The van der Waals surface area contributed by atoms with Gasteiger partial charge in [-0.3, -0.25) is 14.9 Å². The van der Waals surface area contributed by atoms with Crippen LogP contribution in [0, 0.1) is 0 Å². The molecule has 1 amide bonds. The van der Waals surface area contributed by atoms with Gasteiger partial charge in [0.25, 0.3) is 5.91 Å². The number of hydrogen-bond acceptors (Lipinski definition) is 5. The average Bonchev–Trinajstić information content (AvgIpc) is 2.87. The molecule has 1 heterocycles. The third kappa shape index (κ3) is 3.82. The predicted octanol–water partition coefficient (Wildman–Crippen LogP) is 3.20. The van der Waals surface area contributed by atoms with E-state index in [0.717, 1.165) is 11.3 Å². The normalized spacial score (nSPS) is 10.5. The van der Waals surface area contributed by atoms with Gasteiger partial charge in [0.2, 0.25) is 0 Å².